The van der Waals surface area contributed by atoms with E-state index in [-0.39, 0.29) is 12.0 Å². The Morgan fingerprint density at radius 3 is 2.31 bits per heavy atom. The Hall–Kier alpha value is -5.30. The van der Waals surface area contributed by atoms with Gasteiger partial charge < -0.3 is 13.9 Å². The molecule has 0 spiro atoms. The van der Waals surface area contributed by atoms with E-state index in [1.54, 1.807) is 0 Å². The zero-order chi connectivity index (χ0) is 25.5. The number of allylic oxidation sites excluding steroid dienone is 2. The van der Waals surface area contributed by atoms with E-state index >= 15 is 0 Å². The number of benzene rings is 1. The molecule has 184 valence electrons. The smallest absolute Gasteiger partial charge is 0.142 e. The minimum absolute atomic E-state index is 0.0317. The average molecular weight is 505 g/mol. The maximum absolute atomic E-state index is 6.15. The molecular formula is C32H20N6O. The number of hydrogen-bond donors (Lipinski definition) is 0. The van der Waals surface area contributed by atoms with Crippen molar-refractivity contribution in [3.05, 3.63) is 116 Å². The second kappa shape index (κ2) is 7.61. The molecule has 7 aromatic rings. The van der Waals surface area contributed by atoms with Crippen molar-refractivity contribution in [2.75, 3.05) is 0 Å². The van der Waals surface area contributed by atoms with Gasteiger partial charge >= 0.3 is 0 Å². The van der Waals surface area contributed by atoms with Crippen LogP contribution in [0.4, 0.5) is 0 Å². The minimum atomic E-state index is -0.0317. The fourth-order valence-electron chi connectivity index (χ4n) is 6.27. The molecule has 2 aliphatic rings. The van der Waals surface area contributed by atoms with Crippen LogP contribution in [0.25, 0.3) is 55.1 Å². The van der Waals surface area contributed by atoms with Crippen LogP contribution in [0.2, 0.25) is 0 Å². The molecule has 7 heterocycles. The first-order valence-electron chi connectivity index (χ1n) is 12.9. The number of aromatic nitrogens is 6. The molecule has 1 aromatic carbocycles. The molecule has 7 nitrogen and oxygen atoms in total. The topological polar surface area (TPSA) is 70.7 Å². The van der Waals surface area contributed by atoms with Crippen LogP contribution in [-0.2, 0) is 0 Å². The van der Waals surface area contributed by atoms with Gasteiger partial charge in [-0.1, -0.05) is 0 Å². The van der Waals surface area contributed by atoms with Crippen LogP contribution < -0.4 is 4.74 Å². The first-order valence-corrected chi connectivity index (χ1v) is 12.9. The number of pyridine rings is 4. The Morgan fingerprint density at radius 1 is 0.692 bits per heavy atom. The van der Waals surface area contributed by atoms with Crippen LogP contribution in [-0.4, -0.2) is 35.2 Å². The molecule has 0 bridgehead atoms. The van der Waals surface area contributed by atoms with E-state index in [4.69, 9.17) is 9.72 Å². The van der Waals surface area contributed by atoms with Crippen LogP contribution in [0.15, 0.2) is 110 Å². The number of rotatable bonds is 2. The van der Waals surface area contributed by atoms with Gasteiger partial charge in [0.15, 0.2) is 0 Å². The van der Waals surface area contributed by atoms with Crippen LogP contribution in [0, 0.1) is 0 Å². The molecular weight excluding hydrogens is 484 g/mol. The molecule has 39 heavy (non-hydrogen) atoms. The normalized spacial score (nSPS) is 18.0. The first kappa shape index (κ1) is 20.7. The summed E-state index contributed by atoms with van der Waals surface area (Å²) in [6, 6.07) is 18.8. The quantitative estimate of drug-likeness (QED) is 0.271. The van der Waals surface area contributed by atoms with Gasteiger partial charge in [-0.05, 0) is 72.8 Å². The lowest BCUT2D eigenvalue weighted by molar-refractivity contribution is 0.269. The van der Waals surface area contributed by atoms with E-state index in [0.29, 0.717) is 0 Å². The molecule has 0 amide bonds. The molecule has 1 aliphatic carbocycles. The third-order valence-electron chi connectivity index (χ3n) is 7.93. The molecule has 0 saturated heterocycles. The second-order valence-electron chi connectivity index (χ2n) is 9.97. The van der Waals surface area contributed by atoms with Crippen molar-refractivity contribution in [3.8, 4) is 11.4 Å². The Bertz CT molecular complexity index is 2130. The van der Waals surface area contributed by atoms with Crippen LogP contribution in [0.1, 0.15) is 11.6 Å². The summed E-state index contributed by atoms with van der Waals surface area (Å²) in [6.07, 6.45) is 17.7. The van der Waals surface area contributed by atoms with E-state index in [0.717, 1.165) is 66.6 Å². The monoisotopic (exact) mass is 504 g/mol. The standard InChI is InChI=1S/C32H20N6O/c1-3-28-31(35-11-1)21-15-19(37-26-9-13-33-17-23(26)24-18-34-14-10-27(24)37)5-7-25(21)38(28)20-6-8-29-22(16-20)32-30(39-29)4-2-12-36-32/h1-18,22,29H. The van der Waals surface area contributed by atoms with Gasteiger partial charge in [0.25, 0.3) is 0 Å². The molecule has 0 fully saturated rings. The van der Waals surface area contributed by atoms with Crippen molar-refractivity contribution < 1.29 is 4.74 Å². The fraction of sp³-hybridized carbons (Fsp3) is 0.0625. The Kier molecular flexibility index (Phi) is 4.05. The molecule has 2 atom stereocenters. The van der Waals surface area contributed by atoms with E-state index < -0.39 is 0 Å². The highest BCUT2D eigenvalue weighted by atomic mass is 16.5. The average Bonchev–Trinajstić information content (AvgIpc) is 3.64. The van der Waals surface area contributed by atoms with Gasteiger partial charge in [-0.3, -0.25) is 19.9 Å². The van der Waals surface area contributed by atoms with E-state index in [1.165, 1.54) is 0 Å². The molecule has 2 unspecified atom stereocenters. The maximum Gasteiger partial charge on any atom is 0.142 e. The molecule has 9 rings (SSSR count). The predicted molar refractivity (Wildman–Crippen MR) is 152 cm³/mol. The third-order valence-corrected chi connectivity index (χ3v) is 7.93. The van der Waals surface area contributed by atoms with Crippen molar-refractivity contribution in [2.45, 2.75) is 12.0 Å². The summed E-state index contributed by atoms with van der Waals surface area (Å²) >= 11 is 0. The molecule has 0 saturated carbocycles. The van der Waals surface area contributed by atoms with E-state index in [1.807, 2.05) is 55.4 Å². The van der Waals surface area contributed by atoms with Crippen LogP contribution >= 0.6 is 0 Å². The van der Waals surface area contributed by atoms with Crippen molar-refractivity contribution in [1.29, 1.82) is 0 Å². The molecule has 7 heteroatoms. The highest BCUT2D eigenvalue weighted by Crippen LogP contribution is 2.43. The number of fused-ring (bicyclic) bond motifs is 9. The first-order chi connectivity index (χ1) is 19.3. The van der Waals surface area contributed by atoms with Crippen LogP contribution in [0.5, 0.6) is 5.75 Å². The lowest BCUT2D eigenvalue weighted by Gasteiger charge is -2.19. The summed E-state index contributed by atoms with van der Waals surface area (Å²) in [6.45, 7) is 0. The van der Waals surface area contributed by atoms with Gasteiger partial charge in [-0.15, -0.1) is 0 Å². The van der Waals surface area contributed by atoms with Crippen molar-refractivity contribution in [1.82, 2.24) is 29.1 Å². The van der Waals surface area contributed by atoms with E-state index in [2.05, 4.69) is 78.7 Å². The zero-order valence-corrected chi connectivity index (χ0v) is 20.6. The summed E-state index contributed by atoms with van der Waals surface area (Å²) < 4.78 is 10.7. The summed E-state index contributed by atoms with van der Waals surface area (Å²) in [5.74, 6) is 0.934. The summed E-state index contributed by atoms with van der Waals surface area (Å²) in [4.78, 5) is 18.2. The van der Waals surface area contributed by atoms with Gasteiger partial charge in [0.1, 0.15) is 11.9 Å². The summed E-state index contributed by atoms with van der Waals surface area (Å²) in [5.41, 5.74) is 8.48. The Morgan fingerprint density at radius 2 is 1.46 bits per heavy atom. The zero-order valence-electron chi connectivity index (χ0n) is 20.6. The summed E-state index contributed by atoms with van der Waals surface area (Å²) in [7, 11) is 0. The largest absolute Gasteiger partial charge is 0.483 e. The van der Waals surface area contributed by atoms with Crippen molar-refractivity contribution in [3.63, 3.8) is 0 Å². The highest BCUT2D eigenvalue weighted by Gasteiger charge is 2.35. The van der Waals surface area contributed by atoms with Crippen molar-refractivity contribution in [2.24, 2.45) is 0 Å². The SMILES string of the molecule is C1=CC2Oc3cccnc3C2C=C1n1c2ccc(-n3c4ccncc4c4cnccc43)cc2c2ncccc21. The lowest BCUT2D eigenvalue weighted by Crippen LogP contribution is -2.18. The van der Waals surface area contributed by atoms with Gasteiger partial charge in [-0.2, -0.15) is 0 Å². The lowest BCUT2D eigenvalue weighted by atomic mass is 9.94. The van der Waals surface area contributed by atoms with Gasteiger partial charge in [0, 0.05) is 64.7 Å². The summed E-state index contributed by atoms with van der Waals surface area (Å²) in [5, 5.41) is 3.26. The number of ether oxygens (including phenoxy) is 1. The maximum atomic E-state index is 6.15. The number of nitrogens with zero attached hydrogens (tertiary/aromatic N) is 6. The molecule has 6 aromatic heterocycles. The predicted octanol–water partition coefficient (Wildman–Crippen LogP) is 6.43. The molecule has 0 radical (unpaired) electrons. The molecule has 0 N–H and O–H groups in total. The second-order valence-corrected chi connectivity index (χ2v) is 9.97. The molecule has 1 aliphatic heterocycles. The van der Waals surface area contributed by atoms with Crippen LogP contribution in [0.3, 0.4) is 0 Å². The minimum Gasteiger partial charge on any atom is -0.483 e. The number of hydrogen-bond acceptors (Lipinski definition) is 5. The fourth-order valence-corrected chi connectivity index (χ4v) is 6.27. The van der Waals surface area contributed by atoms with Gasteiger partial charge in [-0.25, -0.2) is 0 Å². The van der Waals surface area contributed by atoms with Gasteiger partial charge in [0.05, 0.1) is 39.2 Å². The Balaban J connectivity index is 1.29. The Labute approximate surface area is 222 Å². The highest BCUT2D eigenvalue weighted by molar-refractivity contribution is 6.11. The van der Waals surface area contributed by atoms with E-state index in [9.17, 15) is 0 Å². The third kappa shape index (κ3) is 2.81. The van der Waals surface area contributed by atoms with Gasteiger partial charge in [0.2, 0.25) is 0 Å². The van der Waals surface area contributed by atoms with Crippen molar-refractivity contribution >= 4 is 49.4 Å².